The zero-order valence-electron chi connectivity index (χ0n) is 19.3. The first-order valence-corrected chi connectivity index (χ1v) is 12.7. The van der Waals surface area contributed by atoms with E-state index in [9.17, 15) is 12.8 Å². The Labute approximate surface area is 201 Å². The maximum absolute atomic E-state index is 14.2. The van der Waals surface area contributed by atoms with Crippen LogP contribution >= 0.6 is 0 Å². The second-order valence-electron chi connectivity index (χ2n) is 7.86. The summed E-state index contributed by atoms with van der Waals surface area (Å²) in [5.41, 5.74) is 1.68. The monoisotopic (exact) mass is 504 g/mol. The van der Waals surface area contributed by atoms with E-state index in [1.54, 1.807) is 11.0 Å². The van der Waals surface area contributed by atoms with E-state index in [-0.39, 0.29) is 29.4 Å². The SMILES string of the molecule is CCc1cnc(N2CCC(n3ncc(COc4ccc(S(C)(=O)=O)cc4F)n3)CC2)nc1.O=C=O. The van der Waals surface area contributed by atoms with E-state index in [4.69, 9.17) is 14.3 Å². The van der Waals surface area contributed by atoms with Crippen LogP contribution in [0.3, 0.4) is 0 Å². The van der Waals surface area contributed by atoms with Crippen LogP contribution in [0.5, 0.6) is 5.75 Å². The summed E-state index contributed by atoms with van der Waals surface area (Å²) in [6, 6.07) is 3.73. The van der Waals surface area contributed by atoms with Gasteiger partial charge in [-0.1, -0.05) is 6.92 Å². The zero-order chi connectivity index (χ0) is 25.4. The number of carbonyl (C=O) groups excluding carboxylic acids is 2. The average molecular weight is 505 g/mol. The Bertz CT molecular complexity index is 1270. The summed E-state index contributed by atoms with van der Waals surface area (Å²) in [5, 5.41) is 8.81. The molecule has 4 rings (SSSR count). The minimum Gasteiger partial charge on any atom is -0.484 e. The first kappa shape index (κ1) is 25.9. The highest BCUT2D eigenvalue weighted by Crippen LogP contribution is 2.24. The van der Waals surface area contributed by atoms with Crippen LogP contribution in [0.1, 0.15) is 37.1 Å². The second kappa shape index (κ2) is 11.6. The van der Waals surface area contributed by atoms with E-state index in [1.165, 1.54) is 12.1 Å². The summed E-state index contributed by atoms with van der Waals surface area (Å²) in [6.07, 6.45) is 9.24. The third-order valence-corrected chi connectivity index (χ3v) is 6.55. The number of benzene rings is 1. The van der Waals surface area contributed by atoms with Gasteiger partial charge in [-0.3, -0.25) is 0 Å². The molecule has 0 N–H and O–H groups in total. The van der Waals surface area contributed by atoms with Crippen molar-refractivity contribution in [2.45, 2.75) is 43.7 Å². The highest BCUT2D eigenvalue weighted by atomic mass is 32.2. The van der Waals surface area contributed by atoms with Crippen LogP contribution in [-0.2, 0) is 32.5 Å². The van der Waals surface area contributed by atoms with Gasteiger partial charge in [0, 0.05) is 31.7 Å². The van der Waals surface area contributed by atoms with Gasteiger partial charge in [-0.15, -0.1) is 0 Å². The van der Waals surface area contributed by atoms with Gasteiger partial charge in [0.15, 0.2) is 21.4 Å². The largest absolute Gasteiger partial charge is 0.484 e. The Balaban J connectivity index is 0.00000108. The third-order valence-electron chi connectivity index (χ3n) is 5.44. The fourth-order valence-electron chi connectivity index (χ4n) is 3.52. The number of ether oxygens (including phenoxy) is 1. The van der Waals surface area contributed by atoms with Gasteiger partial charge >= 0.3 is 6.15 Å². The molecule has 35 heavy (non-hydrogen) atoms. The van der Waals surface area contributed by atoms with Crippen LogP contribution in [0.4, 0.5) is 10.3 Å². The van der Waals surface area contributed by atoms with Gasteiger partial charge in [0.1, 0.15) is 12.3 Å². The van der Waals surface area contributed by atoms with Crippen LogP contribution in [0.15, 0.2) is 41.7 Å². The van der Waals surface area contributed by atoms with Crippen molar-refractivity contribution in [3.8, 4) is 5.75 Å². The molecule has 0 unspecified atom stereocenters. The van der Waals surface area contributed by atoms with Crippen molar-refractivity contribution < 1.29 is 27.1 Å². The van der Waals surface area contributed by atoms with Gasteiger partial charge in [0.25, 0.3) is 0 Å². The number of anilines is 1. The molecule has 1 aromatic carbocycles. The molecule has 186 valence electrons. The molecule has 0 atom stereocenters. The topological polar surface area (TPSA) is 137 Å². The Morgan fingerprint density at radius 3 is 2.37 bits per heavy atom. The molecule has 1 saturated heterocycles. The highest BCUT2D eigenvalue weighted by Gasteiger charge is 2.24. The quantitative estimate of drug-likeness (QED) is 0.470. The Morgan fingerprint density at radius 2 is 1.80 bits per heavy atom. The van der Waals surface area contributed by atoms with Crippen molar-refractivity contribution in [3.63, 3.8) is 0 Å². The van der Waals surface area contributed by atoms with Crippen molar-refractivity contribution in [2.24, 2.45) is 0 Å². The van der Waals surface area contributed by atoms with Gasteiger partial charge in [-0.05, 0) is 43.0 Å². The minimum absolute atomic E-state index is 0.0330. The van der Waals surface area contributed by atoms with E-state index >= 15 is 0 Å². The summed E-state index contributed by atoms with van der Waals surface area (Å²) in [4.78, 5) is 28.9. The summed E-state index contributed by atoms with van der Waals surface area (Å²) in [6.45, 7) is 3.72. The van der Waals surface area contributed by atoms with Crippen molar-refractivity contribution >= 4 is 21.9 Å². The average Bonchev–Trinajstić information content (AvgIpc) is 3.32. The van der Waals surface area contributed by atoms with E-state index in [1.807, 2.05) is 12.4 Å². The zero-order valence-corrected chi connectivity index (χ0v) is 20.1. The second-order valence-corrected chi connectivity index (χ2v) is 9.87. The minimum atomic E-state index is -3.48. The molecule has 1 fully saturated rings. The van der Waals surface area contributed by atoms with Crippen molar-refractivity contribution in [1.82, 2.24) is 25.0 Å². The molecule has 0 amide bonds. The molecule has 0 saturated carbocycles. The Morgan fingerprint density at radius 1 is 1.14 bits per heavy atom. The molecule has 1 aliphatic heterocycles. The van der Waals surface area contributed by atoms with Crippen molar-refractivity contribution in [3.05, 3.63) is 53.9 Å². The standard InChI is InChI=1S/C21H25FN6O3S.CO2/c1-3-15-11-23-21(24-12-15)27-8-6-17(7-9-27)28-25-13-16(26-28)14-31-20-5-4-18(10-19(20)22)32(2,29)30;2-1-3/h4-5,10-13,17H,3,6-9,14H2,1-2H3;. The number of piperidine rings is 1. The number of halogens is 1. The molecule has 0 bridgehead atoms. The number of hydrogen-bond acceptors (Lipinski definition) is 10. The number of rotatable bonds is 7. The summed E-state index contributed by atoms with van der Waals surface area (Å²) in [5.74, 6) is -0.0247. The molecule has 0 radical (unpaired) electrons. The van der Waals surface area contributed by atoms with Crippen LogP contribution in [0.25, 0.3) is 0 Å². The summed E-state index contributed by atoms with van der Waals surface area (Å²) < 4.78 is 42.7. The summed E-state index contributed by atoms with van der Waals surface area (Å²) >= 11 is 0. The molecule has 2 aromatic heterocycles. The maximum atomic E-state index is 14.2. The third kappa shape index (κ3) is 6.90. The Hall–Kier alpha value is -3.70. The fourth-order valence-corrected chi connectivity index (χ4v) is 4.16. The molecule has 0 aliphatic carbocycles. The number of aryl methyl sites for hydroxylation is 1. The molecule has 13 heteroatoms. The predicted molar refractivity (Wildman–Crippen MR) is 121 cm³/mol. The van der Waals surface area contributed by atoms with Crippen LogP contribution in [0, 0.1) is 5.82 Å². The molecular weight excluding hydrogens is 479 g/mol. The van der Waals surface area contributed by atoms with Gasteiger partial charge in [-0.2, -0.15) is 24.6 Å². The first-order valence-electron chi connectivity index (χ1n) is 10.8. The van der Waals surface area contributed by atoms with Crippen LogP contribution in [-0.4, -0.2) is 58.9 Å². The molecule has 11 nitrogen and oxygen atoms in total. The normalized spacial score (nSPS) is 14.1. The first-order chi connectivity index (χ1) is 16.7. The molecular formula is C22H25FN6O5S. The number of nitrogens with zero attached hydrogens (tertiary/aromatic N) is 6. The van der Waals surface area contributed by atoms with E-state index in [2.05, 4.69) is 32.0 Å². The van der Waals surface area contributed by atoms with Gasteiger partial charge in [0.2, 0.25) is 5.95 Å². The van der Waals surface area contributed by atoms with Crippen molar-refractivity contribution in [1.29, 1.82) is 0 Å². The predicted octanol–water partition coefficient (Wildman–Crippen LogP) is 2.01. The smallest absolute Gasteiger partial charge is 0.373 e. The fraction of sp³-hybridized carbons (Fsp3) is 0.409. The van der Waals surface area contributed by atoms with E-state index < -0.39 is 15.7 Å². The Kier molecular flexibility index (Phi) is 8.61. The van der Waals surface area contributed by atoms with E-state index in [0.29, 0.717) is 5.69 Å². The van der Waals surface area contributed by atoms with Gasteiger partial charge < -0.3 is 9.64 Å². The lowest BCUT2D eigenvalue weighted by Crippen LogP contribution is -2.36. The van der Waals surface area contributed by atoms with Crippen LogP contribution in [0.2, 0.25) is 0 Å². The number of aromatic nitrogens is 5. The lowest BCUT2D eigenvalue weighted by atomic mass is 10.1. The lowest BCUT2D eigenvalue weighted by Gasteiger charge is -2.31. The van der Waals surface area contributed by atoms with Crippen LogP contribution < -0.4 is 9.64 Å². The van der Waals surface area contributed by atoms with Gasteiger partial charge in [-0.25, -0.2) is 22.8 Å². The summed E-state index contributed by atoms with van der Waals surface area (Å²) in [7, 11) is -3.48. The number of hydrogen-bond donors (Lipinski definition) is 0. The van der Waals surface area contributed by atoms with E-state index in [0.717, 1.165) is 56.2 Å². The molecule has 3 aromatic rings. The maximum Gasteiger partial charge on any atom is 0.373 e. The van der Waals surface area contributed by atoms with Gasteiger partial charge in [0.05, 0.1) is 17.1 Å². The highest BCUT2D eigenvalue weighted by molar-refractivity contribution is 7.90. The molecule has 3 heterocycles. The van der Waals surface area contributed by atoms with Crippen molar-refractivity contribution in [2.75, 3.05) is 24.2 Å². The molecule has 0 spiro atoms. The number of sulfone groups is 1. The lowest BCUT2D eigenvalue weighted by molar-refractivity contribution is -0.191. The molecule has 1 aliphatic rings.